The molecule has 0 unspecified atom stereocenters. The molecule has 1 aromatic rings. The van der Waals surface area contributed by atoms with E-state index in [1.165, 1.54) is 0 Å². The first-order valence-electron chi connectivity index (χ1n) is 6.04. The first-order valence-corrected chi connectivity index (χ1v) is 6.83. The molecular weight excluding hydrogens is 330 g/mol. The molecule has 0 fully saturated rings. The minimum Gasteiger partial charge on any atom is -0.496 e. The topological polar surface area (TPSA) is 77.0 Å². The van der Waals surface area contributed by atoms with E-state index in [1.54, 1.807) is 14.2 Å². The normalized spacial score (nSPS) is 10.0. The van der Waals surface area contributed by atoms with Crippen molar-refractivity contribution in [1.29, 1.82) is 0 Å². The molecule has 0 bridgehead atoms. The summed E-state index contributed by atoms with van der Waals surface area (Å²) < 4.78 is 16.0. The zero-order valence-corrected chi connectivity index (χ0v) is 13.0. The summed E-state index contributed by atoms with van der Waals surface area (Å²) in [4.78, 5) is 11.2. The lowest BCUT2D eigenvalue weighted by Crippen LogP contribution is -2.27. The lowest BCUT2D eigenvalue weighted by molar-refractivity contribution is 0.119. The molecule has 20 heavy (non-hydrogen) atoms. The SMILES string of the molecule is COc1cc(CCNC(=O)OCCO)c(OC)cc1Br. The van der Waals surface area contributed by atoms with Crippen molar-refractivity contribution in [3.05, 3.63) is 22.2 Å². The molecule has 0 atom stereocenters. The third-order valence-corrected chi connectivity index (χ3v) is 3.16. The molecule has 0 saturated carbocycles. The molecule has 0 aliphatic carbocycles. The van der Waals surface area contributed by atoms with Gasteiger partial charge in [0.2, 0.25) is 0 Å². The van der Waals surface area contributed by atoms with E-state index in [0.29, 0.717) is 24.5 Å². The van der Waals surface area contributed by atoms with E-state index in [-0.39, 0.29) is 13.2 Å². The second kappa shape index (κ2) is 8.65. The fraction of sp³-hybridized carbons (Fsp3) is 0.462. The molecule has 0 aliphatic heterocycles. The Hall–Kier alpha value is -1.47. The fourth-order valence-electron chi connectivity index (χ4n) is 1.61. The minimum atomic E-state index is -0.554. The number of methoxy groups -OCH3 is 2. The molecule has 1 rings (SSSR count). The number of hydrogen-bond acceptors (Lipinski definition) is 5. The van der Waals surface area contributed by atoms with E-state index >= 15 is 0 Å². The highest BCUT2D eigenvalue weighted by Gasteiger charge is 2.10. The number of aliphatic hydroxyl groups excluding tert-OH is 1. The molecular formula is C13H18BrNO5. The van der Waals surface area contributed by atoms with Gasteiger partial charge in [0.05, 0.1) is 25.3 Å². The second-order valence-corrected chi connectivity index (χ2v) is 4.69. The predicted octanol–water partition coefficient (Wildman–Crippen LogP) is 1.73. The summed E-state index contributed by atoms with van der Waals surface area (Å²) in [6.45, 7) is 0.192. The van der Waals surface area contributed by atoms with Crippen LogP contribution >= 0.6 is 15.9 Å². The lowest BCUT2D eigenvalue weighted by atomic mass is 10.1. The van der Waals surface area contributed by atoms with Crippen molar-refractivity contribution in [3.63, 3.8) is 0 Å². The molecule has 0 aromatic heterocycles. The van der Waals surface area contributed by atoms with Crippen molar-refractivity contribution in [1.82, 2.24) is 5.32 Å². The molecule has 0 saturated heterocycles. The summed E-state index contributed by atoms with van der Waals surface area (Å²) in [6.07, 6.45) is 0.0169. The standard InChI is InChI=1S/C13H18BrNO5/c1-18-11-8-10(14)12(19-2)7-9(11)3-4-15-13(17)20-6-5-16/h7-8,16H,3-6H2,1-2H3,(H,15,17). The van der Waals surface area contributed by atoms with Gasteiger partial charge in [0.25, 0.3) is 0 Å². The van der Waals surface area contributed by atoms with E-state index in [2.05, 4.69) is 26.0 Å². The molecule has 0 radical (unpaired) electrons. The van der Waals surface area contributed by atoms with Crippen LogP contribution in [0.15, 0.2) is 16.6 Å². The average molecular weight is 348 g/mol. The van der Waals surface area contributed by atoms with Crippen LogP contribution < -0.4 is 14.8 Å². The number of amides is 1. The Labute approximate surface area is 126 Å². The van der Waals surface area contributed by atoms with Gasteiger partial charge in [-0.3, -0.25) is 0 Å². The summed E-state index contributed by atoms with van der Waals surface area (Å²) >= 11 is 3.38. The van der Waals surface area contributed by atoms with Gasteiger partial charge in [-0.15, -0.1) is 0 Å². The highest BCUT2D eigenvalue weighted by molar-refractivity contribution is 9.10. The number of alkyl carbamates (subject to hydrolysis) is 1. The Morgan fingerprint density at radius 2 is 2.00 bits per heavy atom. The molecule has 1 aromatic carbocycles. The average Bonchev–Trinajstić information content (AvgIpc) is 2.46. The van der Waals surface area contributed by atoms with Gasteiger partial charge in [0.1, 0.15) is 18.1 Å². The van der Waals surface area contributed by atoms with Gasteiger partial charge < -0.3 is 24.6 Å². The van der Waals surface area contributed by atoms with Crippen LogP contribution in [0.2, 0.25) is 0 Å². The van der Waals surface area contributed by atoms with Gasteiger partial charge in [0.15, 0.2) is 0 Å². The number of halogens is 1. The Morgan fingerprint density at radius 1 is 1.30 bits per heavy atom. The van der Waals surface area contributed by atoms with Gasteiger partial charge in [-0.25, -0.2) is 4.79 Å². The van der Waals surface area contributed by atoms with Gasteiger partial charge in [-0.2, -0.15) is 0 Å². The van der Waals surface area contributed by atoms with Crippen LogP contribution in [0.4, 0.5) is 4.79 Å². The zero-order chi connectivity index (χ0) is 15.0. The van der Waals surface area contributed by atoms with Crippen LogP contribution in [-0.4, -0.2) is 45.2 Å². The third-order valence-electron chi connectivity index (χ3n) is 2.54. The molecule has 6 nitrogen and oxygen atoms in total. The Bertz CT molecular complexity index is 453. The quantitative estimate of drug-likeness (QED) is 0.785. The molecule has 0 aliphatic rings. The number of carbonyl (C=O) groups is 1. The van der Waals surface area contributed by atoms with E-state index < -0.39 is 6.09 Å². The summed E-state index contributed by atoms with van der Waals surface area (Å²) in [5, 5.41) is 11.1. The highest BCUT2D eigenvalue weighted by Crippen LogP contribution is 2.32. The lowest BCUT2D eigenvalue weighted by Gasteiger charge is -2.12. The first-order chi connectivity index (χ1) is 9.62. The Balaban J connectivity index is 2.60. The Kier molecular flexibility index (Phi) is 7.17. The second-order valence-electron chi connectivity index (χ2n) is 3.83. The number of benzene rings is 1. The van der Waals surface area contributed by atoms with Crippen LogP contribution in [0, 0.1) is 0 Å². The van der Waals surface area contributed by atoms with Gasteiger partial charge in [0, 0.05) is 6.54 Å². The van der Waals surface area contributed by atoms with Crippen molar-refractivity contribution in [3.8, 4) is 11.5 Å². The zero-order valence-electron chi connectivity index (χ0n) is 11.4. The Morgan fingerprint density at radius 3 is 2.60 bits per heavy atom. The molecule has 7 heteroatoms. The summed E-state index contributed by atoms with van der Waals surface area (Å²) in [6, 6.07) is 3.67. The van der Waals surface area contributed by atoms with E-state index in [4.69, 9.17) is 14.6 Å². The van der Waals surface area contributed by atoms with Crippen molar-refractivity contribution in [2.75, 3.05) is 34.0 Å². The summed E-state index contributed by atoms with van der Waals surface area (Å²) in [5.74, 6) is 1.41. The number of aliphatic hydroxyl groups is 1. The number of rotatable bonds is 7. The monoisotopic (exact) mass is 347 g/mol. The largest absolute Gasteiger partial charge is 0.496 e. The number of carbonyl (C=O) groups excluding carboxylic acids is 1. The molecule has 0 spiro atoms. The van der Waals surface area contributed by atoms with Crippen molar-refractivity contribution >= 4 is 22.0 Å². The summed E-state index contributed by atoms with van der Waals surface area (Å²) in [5.41, 5.74) is 0.912. The number of ether oxygens (including phenoxy) is 3. The van der Waals surface area contributed by atoms with E-state index in [1.807, 2.05) is 12.1 Å². The maximum absolute atomic E-state index is 11.2. The van der Waals surface area contributed by atoms with Crippen LogP contribution in [0.25, 0.3) is 0 Å². The van der Waals surface area contributed by atoms with Crippen molar-refractivity contribution in [2.24, 2.45) is 0 Å². The fourth-order valence-corrected chi connectivity index (χ4v) is 2.09. The van der Waals surface area contributed by atoms with E-state index in [0.717, 1.165) is 10.0 Å². The molecule has 1 amide bonds. The van der Waals surface area contributed by atoms with Crippen LogP contribution in [-0.2, 0) is 11.2 Å². The third kappa shape index (κ3) is 4.90. The maximum atomic E-state index is 11.2. The van der Waals surface area contributed by atoms with Crippen molar-refractivity contribution in [2.45, 2.75) is 6.42 Å². The van der Waals surface area contributed by atoms with Gasteiger partial charge >= 0.3 is 6.09 Å². The van der Waals surface area contributed by atoms with Gasteiger partial charge in [-0.05, 0) is 40.0 Å². The van der Waals surface area contributed by atoms with Crippen LogP contribution in [0.1, 0.15) is 5.56 Å². The maximum Gasteiger partial charge on any atom is 0.407 e. The minimum absolute atomic E-state index is 0.0126. The highest BCUT2D eigenvalue weighted by atomic mass is 79.9. The molecule has 2 N–H and O–H groups in total. The van der Waals surface area contributed by atoms with Gasteiger partial charge in [-0.1, -0.05) is 0 Å². The number of nitrogens with one attached hydrogen (secondary N) is 1. The predicted molar refractivity (Wildman–Crippen MR) is 77.4 cm³/mol. The van der Waals surface area contributed by atoms with Crippen LogP contribution in [0.5, 0.6) is 11.5 Å². The van der Waals surface area contributed by atoms with Crippen molar-refractivity contribution < 1.29 is 24.1 Å². The van der Waals surface area contributed by atoms with Crippen LogP contribution in [0.3, 0.4) is 0 Å². The first kappa shape index (κ1) is 16.6. The van der Waals surface area contributed by atoms with E-state index in [9.17, 15) is 4.79 Å². The number of hydrogen-bond donors (Lipinski definition) is 2. The molecule has 112 valence electrons. The smallest absolute Gasteiger partial charge is 0.407 e. The molecule has 0 heterocycles. The summed E-state index contributed by atoms with van der Waals surface area (Å²) in [7, 11) is 3.17.